The zero-order chi connectivity index (χ0) is 17.9. The molecule has 3 aromatic rings. The molecular weight excluding hydrogens is 326 g/mol. The summed E-state index contributed by atoms with van der Waals surface area (Å²) in [4.78, 5) is 29.7. The van der Waals surface area contributed by atoms with E-state index in [1.54, 1.807) is 0 Å². The van der Waals surface area contributed by atoms with Gasteiger partial charge < -0.3 is 15.2 Å². The highest BCUT2D eigenvalue weighted by atomic mass is 16.2. The molecule has 1 fully saturated rings. The Labute approximate surface area is 152 Å². The second kappa shape index (κ2) is 7.04. The number of hydrogen-bond acceptors (Lipinski definition) is 2. The van der Waals surface area contributed by atoms with Crippen LogP contribution >= 0.6 is 0 Å². The summed E-state index contributed by atoms with van der Waals surface area (Å²) in [5.41, 5.74) is 3.14. The third-order valence-electron chi connectivity index (χ3n) is 4.80. The lowest BCUT2D eigenvalue weighted by molar-refractivity contribution is -0.129. The van der Waals surface area contributed by atoms with Gasteiger partial charge in [0.15, 0.2) is 0 Å². The number of benzene rings is 2. The van der Waals surface area contributed by atoms with E-state index < -0.39 is 0 Å². The van der Waals surface area contributed by atoms with Crippen LogP contribution < -0.4 is 5.32 Å². The van der Waals surface area contributed by atoms with Crippen LogP contribution in [0.1, 0.15) is 28.9 Å². The molecule has 26 heavy (non-hydrogen) atoms. The maximum Gasteiger partial charge on any atom is 0.272 e. The van der Waals surface area contributed by atoms with E-state index in [2.05, 4.69) is 10.3 Å². The first kappa shape index (κ1) is 16.4. The molecule has 2 heterocycles. The topological polar surface area (TPSA) is 65.2 Å². The maximum absolute atomic E-state index is 12.4. The third-order valence-corrected chi connectivity index (χ3v) is 4.80. The summed E-state index contributed by atoms with van der Waals surface area (Å²) in [5, 5.41) is 3.90. The van der Waals surface area contributed by atoms with Crippen LogP contribution in [0.4, 0.5) is 5.69 Å². The quantitative estimate of drug-likeness (QED) is 0.757. The molecule has 2 amide bonds. The number of nitrogens with one attached hydrogen (secondary N) is 2. The van der Waals surface area contributed by atoms with Crippen molar-refractivity contribution in [2.45, 2.75) is 19.3 Å². The molecule has 4 rings (SSSR count). The van der Waals surface area contributed by atoms with Gasteiger partial charge in [0.2, 0.25) is 5.91 Å². The van der Waals surface area contributed by atoms with Crippen LogP contribution in [0.2, 0.25) is 0 Å². The van der Waals surface area contributed by atoms with Crippen molar-refractivity contribution in [3.05, 3.63) is 65.9 Å². The molecule has 5 heteroatoms. The van der Waals surface area contributed by atoms with Crippen LogP contribution in [-0.2, 0) is 11.2 Å². The number of rotatable bonds is 4. The van der Waals surface area contributed by atoms with Crippen LogP contribution in [0.3, 0.4) is 0 Å². The summed E-state index contributed by atoms with van der Waals surface area (Å²) >= 11 is 0. The fraction of sp³-hybridized carbons (Fsp3) is 0.238. The van der Waals surface area contributed by atoms with E-state index >= 15 is 0 Å². The van der Waals surface area contributed by atoms with E-state index in [1.807, 2.05) is 59.5 Å². The van der Waals surface area contributed by atoms with E-state index in [0.717, 1.165) is 42.4 Å². The first-order valence-corrected chi connectivity index (χ1v) is 8.95. The molecule has 0 bridgehead atoms. The summed E-state index contributed by atoms with van der Waals surface area (Å²) in [5.74, 6) is -0.000505. The van der Waals surface area contributed by atoms with Gasteiger partial charge in [-0.25, -0.2) is 0 Å². The van der Waals surface area contributed by atoms with Gasteiger partial charge in [-0.3, -0.25) is 9.59 Å². The number of aromatic nitrogens is 1. The minimum atomic E-state index is -0.179. The number of anilines is 1. The molecule has 1 aromatic heterocycles. The van der Waals surface area contributed by atoms with Gasteiger partial charge in [0.1, 0.15) is 5.69 Å². The lowest BCUT2D eigenvalue weighted by Gasteiger charge is -2.15. The largest absolute Gasteiger partial charge is 0.351 e. The summed E-state index contributed by atoms with van der Waals surface area (Å²) in [7, 11) is 0. The van der Waals surface area contributed by atoms with Crippen molar-refractivity contribution >= 4 is 28.4 Å². The molecule has 0 unspecified atom stereocenters. The molecule has 5 nitrogen and oxygen atoms in total. The zero-order valence-corrected chi connectivity index (χ0v) is 14.5. The molecule has 1 saturated heterocycles. The Kier molecular flexibility index (Phi) is 4.44. The van der Waals surface area contributed by atoms with Crippen molar-refractivity contribution < 1.29 is 9.59 Å². The lowest BCUT2D eigenvalue weighted by Crippen LogP contribution is -2.29. The third kappa shape index (κ3) is 3.47. The number of hydrogen-bond donors (Lipinski definition) is 2. The summed E-state index contributed by atoms with van der Waals surface area (Å²) < 4.78 is 0. The number of H-pyrrole nitrogens is 1. The molecule has 1 aliphatic heterocycles. The minimum Gasteiger partial charge on any atom is -0.351 e. The summed E-state index contributed by atoms with van der Waals surface area (Å²) in [6, 6.07) is 17.1. The number of nitrogens with zero attached hydrogens (tertiary/aromatic N) is 1. The Morgan fingerprint density at radius 3 is 2.46 bits per heavy atom. The monoisotopic (exact) mass is 347 g/mol. The Morgan fingerprint density at radius 2 is 1.73 bits per heavy atom. The van der Waals surface area contributed by atoms with E-state index in [0.29, 0.717) is 17.8 Å². The van der Waals surface area contributed by atoms with Gasteiger partial charge in [-0.1, -0.05) is 30.3 Å². The molecule has 0 atom stereocenters. The van der Waals surface area contributed by atoms with Gasteiger partial charge in [0.25, 0.3) is 5.91 Å². The van der Waals surface area contributed by atoms with Crippen molar-refractivity contribution in [1.29, 1.82) is 0 Å². The molecule has 2 N–H and O–H groups in total. The number of amides is 2. The number of likely N-dealkylation sites (tertiary alicyclic amines) is 1. The number of aromatic amines is 1. The average molecular weight is 347 g/mol. The van der Waals surface area contributed by atoms with Gasteiger partial charge in [-0.15, -0.1) is 0 Å². The van der Waals surface area contributed by atoms with Crippen LogP contribution in [0.15, 0.2) is 54.6 Å². The van der Waals surface area contributed by atoms with Gasteiger partial charge in [0, 0.05) is 29.7 Å². The molecule has 0 aliphatic carbocycles. The lowest BCUT2D eigenvalue weighted by atomic mass is 10.1. The number of carbonyl (C=O) groups excluding carboxylic acids is 2. The fourth-order valence-electron chi connectivity index (χ4n) is 3.35. The summed E-state index contributed by atoms with van der Waals surface area (Å²) in [6.07, 6.45) is 2.62. The first-order chi connectivity index (χ1) is 12.7. The molecule has 0 spiro atoms. The Bertz CT molecular complexity index is 904. The van der Waals surface area contributed by atoms with Gasteiger partial charge in [0.05, 0.1) is 6.42 Å². The van der Waals surface area contributed by atoms with Crippen LogP contribution in [0.5, 0.6) is 0 Å². The van der Waals surface area contributed by atoms with E-state index in [4.69, 9.17) is 0 Å². The molecule has 132 valence electrons. The van der Waals surface area contributed by atoms with Crippen molar-refractivity contribution in [3.8, 4) is 0 Å². The molecule has 0 saturated carbocycles. The average Bonchev–Trinajstić information content (AvgIpc) is 3.33. The van der Waals surface area contributed by atoms with Crippen LogP contribution in [-0.4, -0.2) is 34.8 Å². The number of carbonyl (C=O) groups is 2. The molecule has 0 radical (unpaired) electrons. The van der Waals surface area contributed by atoms with Crippen molar-refractivity contribution in [1.82, 2.24) is 9.88 Å². The number of fused-ring (bicyclic) bond motifs is 1. The Hall–Kier alpha value is -3.08. The SMILES string of the molecule is O=C(Nc1ccc(CC(=O)N2CCCC2)cc1)c1cc2ccccc2[nH]1. The maximum atomic E-state index is 12.4. The van der Waals surface area contributed by atoms with E-state index in [-0.39, 0.29) is 11.8 Å². The smallest absolute Gasteiger partial charge is 0.272 e. The summed E-state index contributed by atoms with van der Waals surface area (Å²) in [6.45, 7) is 1.74. The van der Waals surface area contributed by atoms with Crippen LogP contribution in [0, 0.1) is 0 Å². The van der Waals surface area contributed by atoms with E-state index in [9.17, 15) is 9.59 Å². The first-order valence-electron chi connectivity index (χ1n) is 8.95. The standard InChI is InChI=1S/C21H21N3O2/c25-20(24-11-3-4-12-24)13-15-7-9-17(10-8-15)22-21(26)19-14-16-5-1-2-6-18(16)23-19/h1-2,5-10,14,23H,3-4,11-13H2,(H,22,26). The highest BCUT2D eigenvalue weighted by Crippen LogP contribution is 2.17. The Balaban J connectivity index is 1.40. The molecular formula is C21H21N3O2. The van der Waals surface area contributed by atoms with Crippen LogP contribution in [0.25, 0.3) is 10.9 Å². The minimum absolute atomic E-state index is 0.178. The van der Waals surface area contributed by atoms with Gasteiger partial charge in [-0.05, 0) is 42.7 Å². The normalized spacial score (nSPS) is 13.9. The second-order valence-electron chi connectivity index (χ2n) is 6.69. The number of para-hydroxylation sites is 1. The molecule has 2 aromatic carbocycles. The van der Waals surface area contributed by atoms with Crippen molar-refractivity contribution in [2.24, 2.45) is 0 Å². The fourth-order valence-corrected chi connectivity index (χ4v) is 3.35. The zero-order valence-electron chi connectivity index (χ0n) is 14.5. The Morgan fingerprint density at radius 1 is 1.00 bits per heavy atom. The molecule has 1 aliphatic rings. The van der Waals surface area contributed by atoms with Crippen molar-refractivity contribution in [2.75, 3.05) is 18.4 Å². The second-order valence-corrected chi connectivity index (χ2v) is 6.69. The van der Waals surface area contributed by atoms with E-state index in [1.165, 1.54) is 0 Å². The highest BCUT2D eigenvalue weighted by molar-refractivity contribution is 6.05. The predicted octanol–water partition coefficient (Wildman–Crippen LogP) is 3.59. The van der Waals surface area contributed by atoms with Gasteiger partial charge in [-0.2, -0.15) is 0 Å². The highest BCUT2D eigenvalue weighted by Gasteiger charge is 2.18. The van der Waals surface area contributed by atoms with Crippen molar-refractivity contribution in [3.63, 3.8) is 0 Å². The predicted molar refractivity (Wildman–Crippen MR) is 102 cm³/mol. The van der Waals surface area contributed by atoms with Gasteiger partial charge >= 0.3 is 0 Å².